The first-order valence-corrected chi connectivity index (χ1v) is 27.7. The second kappa shape index (κ2) is 34.6. The highest BCUT2D eigenvalue weighted by molar-refractivity contribution is 5.93. The summed E-state index contributed by atoms with van der Waals surface area (Å²) in [6, 6.07) is 16.0. The van der Waals surface area contributed by atoms with Gasteiger partial charge in [-0.1, -0.05) is 36.8 Å². The molecule has 3 atom stereocenters. The number of amides is 6. The predicted octanol–water partition coefficient (Wildman–Crippen LogP) is 5.27. The van der Waals surface area contributed by atoms with Crippen LogP contribution in [0.25, 0.3) is 0 Å². The normalized spacial score (nSPS) is 12.1. The van der Waals surface area contributed by atoms with Gasteiger partial charge in [-0.3, -0.25) is 38.4 Å². The molecule has 0 saturated carbocycles. The van der Waals surface area contributed by atoms with Crippen LogP contribution in [0.15, 0.2) is 72.8 Å². The molecule has 4 rings (SSSR count). The number of unbranched alkanes of at least 4 members (excludes halogenated alkanes) is 3. The fraction of sp³-hybridized carbons (Fsp3) is 0.467. The zero-order valence-electron chi connectivity index (χ0n) is 46.3. The summed E-state index contributed by atoms with van der Waals surface area (Å²) in [6.07, 6.45) is 4.44. The number of hydrogen-bond donors (Lipinski definition) is 13. The standard InChI is InChI=1S/C60H80N6O15/c1-38-33-40(12-20-47(38)68)16-24-55(76)62-30-8-5-11-46(66-58(79)27-19-43-15-23-50(71)54(75)36-43)60(81)63-31-6-3-9-44(59(80)64-32-28-39(2)67)37-51(72)45(65-57(78)26-18-42-14-22-49(70)53(74)35-42)10-4-7-29-61-56(77)25-17-41-13-21-48(69)52(73)34-41/h12-15,20-23,33-36,44-46,68-71,73-75H,3-11,16-19,24-32,37H2,1-2H3,(H,61,77)(H,62,76)(H,63,81)(H,64,80)(H,65,78)(H,66,79). The van der Waals surface area contributed by atoms with Gasteiger partial charge in [0.15, 0.2) is 40.3 Å². The molecule has 81 heavy (non-hydrogen) atoms. The van der Waals surface area contributed by atoms with E-state index in [1.54, 1.807) is 37.3 Å². The molecule has 0 radical (unpaired) electrons. The molecule has 0 spiro atoms. The number of aromatic hydroxyl groups is 7. The summed E-state index contributed by atoms with van der Waals surface area (Å²) >= 11 is 0. The maximum absolute atomic E-state index is 14.2. The van der Waals surface area contributed by atoms with Crippen molar-refractivity contribution in [1.82, 2.24) is 31.9 Å². The Balaban J connectivity index is 1.35. The predicted molar refractivity (Wildman–Crippen MR) is 301 cm³/mol. The maximum atomic E-state index is 14.2. The fourth-order valence-corrected chi connectivity index (χ4v) is 8.84. The number of phenolic OH excluding ortho intramolecular Hbond substituents is 7. The highest BCUT2D eigenvalue weighted by atomic mass is 16.3. The van der Waals surface area contributed by atoms with E-state index < -0.39 is 47.4 Å². The van der Waals surface area contributed by atoms with Crippen LogP contribution < -0.4 is 31.9 Å². The van der Waals surface area contributed by atoms with Crippen LogP contribution in [0, 0.1) is 12.8 Å². The van der Waals surface area contributed by atoms with Crippen LogP contribution in [-0.2, 0) is 64.0 Å². The van der Waals surface area contributed by atoms with Gasteiger partial charge in [0.1, 0.15) is 17.6 Å². The zero-order valence-corrected chi connectivity index (χ0v) is 46.3. The summed E-state index contributed by atoms with van der Waals surface area (Å²) in [7, 11) is 0. The van der Waals surface area contributed by atoms with E-state index in [1.807, 2.05) is 6.07 Å². The van der Waals surface area contributed by atoms with Gasteiger partial charge < -0.3 is 67.6 Å². The van der Waals surface area contributed by atoms with Crippen molar-refractivity contribution in [2.24, 2.45) is 5.92 Å². The molecule has 6 amide bonds. The number of nitrogens with one attached hydrogen (secondary N) is 6. The van der Waals surface area contributed by atoms with E-state index in [4.69, 9.17) is 0 Å². The van der Waals surface area contributed by atoms with Gasteiger partial charge in [-0.05, 0) is 161 Å². The molecule has 0 saturated heterocycles. The molecule has 21 heteroatoms. The third-order valence-corrected chi connectivity index (χ3v) is 13.7. The first-order valence-electron chi connectivity index (χ1n) is 27.7. The van der Waals surface area contributed by atoms with Crippen molar-refractivity contribution in [1.29, 1.82) is 0 Å². The Morgan fingerprint density at radius 1 is 0.395 bits per heavy atom. The van der Waals surface area contributed by atoms with Gasteiger partial charge in [-0.25, -0.2) is 0 Å². The van der Waals surface area contributed by atoms with E-state index >= 15 is 0 Å². The van der Waals surface area contributed by atoms with Crippen LogP contribution in [-0.4, -0.2) is 121 Å². The number of carbonyl (C=O) groups is 8. The van der Waals surface area contributed by atoms with Crippen molar-refractivity contribution < 1.29 is 74.1 Å². The van der Waals surface area contributed by atoms with Crippen LogP contribution in [0.2, 0.25) is 0 Å². The quantitative estimate of drug-likeness (QED) is 0.0202. The molecule has 0 fully saturated rings. The lowest BCUT2D eigenvalue weighted by Gasteiger charge is -2.22. The minimum absolute atomic E-state index is 0.0230. The van der Waals surface area contributed by atoms with Gasteiger partial charge >= 0.3 is 0 Å². The minimum Gasteiger partial charge on any atom is -0.508 e. The van der Waals surface area contributed by atoms with Gasteiger partial charge in [-0.2, -0.15) is 0 Å². The molecule has 0 aliphatic rings. The van der Waals surface area contributed by atoms with Gasteiger partial charge in [-0.15, -0.1) is 0 Å². The first kappa shape index (κ1) is 65.2. The third-order valence-electron chi connectivity index (χ3n) is 13.7. The number of Topliss-reactive ketones (excluding diaryl/α,β-unsaturated/α-hetero) is 2. The summed E-state index contributed by atoms with van der Waals surface area (Å²) in [6.45, 7) is 3.96. The van der Waals surface area contributed by atoms with Crippen molar-refractivity contribution in [3.8, 4) is 40.2 Å². The maximum Gasteiger partial charge on any atom is 0.242 e. The van der Waals surface area contributed by atoms with Crippen molar-refractivity contribution in [3.63, 3.8) is 0 Å². The smallest absolute Gasteiger partial charge is 0.242 e. The lowest BCUT2D eigenvalue weighted by atomic mass is 9.91. The Bertz CT molecular complexity index is 2770. The van der Waals surface area contributed by atoms with E-state index in [1.165, 1.54) is 43.3 Å². The van der Waals surface area contributed by atoms with Gasteiger partial charge in [0, 0.05) is 70.6 Å². The van der Waals surface area contributed by atoms with Crippen LogP contribution in [0.4, 0.5) is 0 Å². The molecule has 13 N–H and O–H groups in total. The second-order valence-corrected chi connectivity index (χ2v) is 20.4. The lowest BCUT2D eigenvalue weighted by Crippen LogP contribution is -2.47. The van der Waals surface area contributed by atoms with Crippen LogP contribution in [0.3, 0.4) is 0 Å². The largest absolute Gasteiger partial charge is 0.508 e. The number of carbonyl (C=O) groups excluding carboxylic acids is 8. The molecule has 3 unspecified atom stereocenters. The molecule has 4 aromatic carbocycles. The summed E-state index contributed by atoms with van der Waals surface area (Å²) in [5.41, 5.74) is 3.45. The SMILES string of the molecule is CC(=O)CCNC(=O)C(CCCCNC(=O)C(CCCCNC(=O)CCc1ccc(O)c(C)c1)NC(=O)CCc1ccc(O)c(O)c1)CC(=O)C(CCCCNC(=O)CCc1ccc(O)c(O)c1)NC(=O)CCc1ccc(O)c(O)c1. The Morgan fingerprint density at radius 3 is 1.22 bits per heavy atom. The fourth-order valence-electron chi connectivity index (χ4n) is 8.84. The molecule has 4 aromatic rings. The lowest BCUT2D eigenvalue weighted by molar-refractivity contribution is -0.132. The number of ketones is 2. The van der Waals surface area contributed by atoms with E-state index in [2.05, 4.69) is 31.9 Å². The number of aryl methyl sites for hydroxylation is 5. The van der Waals surface area contributed by atoms with E-state index in [9.17, 15) is 74.1 Å². The van der Waals surface area contributed by atoms with E-state index in [0.29, 0.717) is 80.2 Å². The van der Waals surface area contributed by atoms with Crippen molar-refractivity contribution >= 4 is 47.0 Å². The van der Waals surface area contributed by atoms with E-state index in [-0.39, 0.29) is 148 Å². The van der Waals surface area contributed by atoms with Crippen molar-refractivity contribution in [2.75, 3.05) is 26.2 Å². The number of phenols is 7. The molecular weight excluding hydrogens is 1040 g/mol. The molecule has 0 aromatic heterocycles. The highest BCUT2D eigenvalue weighted by Gasteiger charge is 2.28. The Labute approximate surface area is 472 Å². The number of rotatable bonds is 37. The summed E-state index contributed by atoms with van der Waals surface area (Å²) in [5, 5.41) is 85.4. The Kier molecular flexibility index (Phi) is 27.8. The number of benzene rings is 4. The average Bonchev–Trinajstić information content (AvgIpc) is 3.42. The zero-order chi connectivity index (χ0) is 59.3. The Morgan fingerprint density at radius 2 is 0.778 bits per heavy atom. The molecule has 21 nitrogen and oxygen atoms in total. The monoisotopic (exact) mass is 1120 g/mol. The highest BCUT2D eigenvalue weighted by Crippen LogP contribution is 2.28. The van der Waals surface area contributed by atoms with Crippen LogP contribution in [0.5, 0.6) is 40.2 Å². The summed E-state index contributed by atoms with van der Waals surface area (Å²) in [4.78, 5) is 105. The Hall–Kier alpha value is -8.36. The van der Waals surface area contributed by atoms with Gasteiger partial charge in [0.25, 0.3) is 0 Å². The summed E-state index contributed by atoms with van der Waals surface area (Å²) < 4.78 is 0. The van der Waals surface area contributed by atoms with Crippen LogP contribution >= 0.6 is 0 Å². The molecule has 440 valence electrons. The first-order chi connectivity index (χ1) is 38.7. The summed E-state index contributed by atoms with van der Waals surface area (Å²) in [5.74, 6) is -5.34. The average molecular weight is 1130 g/mol. The third kappa shape index (κ3) is 25.1. The number of hydrogen-bond acceptors (Lipinski definition) is 15. The molecule has 0 heterocycles. The molecule has 0 aliphatic carbocycles. The van der Waals surface area contributed by atoms with Crippen molar-refractivity contribution in [2.45, 2.75) is 148 Å². The van der Waals surface area contributed by atoms with Crippen molar-refractivity contribution in [3.05, 3.63) is 101 Å². The molecular formula is C60H80N6O15. The second-order valence-electron chi connectivity index (χ2n) is 20.4. The van der Waals surface area contributed by atoms with E-state index in [0.717, 1.165) is 5.56 Å². The molecule has 0 bridgehead atoms. The minimum atomic E-state index is -1.02. The molecule has 0 aliphatic heterocycles. The van der Waals surface area contributed by atoms with Gasteiger partial charge in [0.05, 0.1) is 6.04 Å². The topological polar surface area (TPSA) is 350 Å². The van der Waals surface area contributed by atoms with Crippen LogP contribution in [0.1, 0.15) is 131 Å². The van der Waals surface area contributed by atoms with Gasteiger partial charge in [0.2, 0.25) is 35.4 Å².